The van der Waals surface area contributed by atoms with E-state index in [-0.39, 0.29) is 11.8 Å². The summed E-state index contributed by atoms with van der Waals surface area (Å²) in [6, 6.07) is 6.21. The Morgan fingerprint density at radius 2 is 1.95 bits per heavy atom. The number of benzene rings is 1. The fourth-order valence-corrected chi connectivity index (χ4v) is 2.28. The molecule has 0 saturated carbocycles. The molecule has 0 aromatic heterocycles. The van der Waals surface area contributed by atoms with Crippen molar-refractivity contribution in [2.75, 3.05) is 25.5 Å². The first-order valence-electron chi connectivity index (χ1n) is 6.88. The molecule has 1 amide bonds. The molecule has 19 heavy (non-hydrogen) atoms. The number of amides is 1. The van der Waals surface area contributed by atoms with Crippen LogP contribution in [0.3, 0.4) is 0 Å². The lowest BCUT2D eigenvalue weighted by Gasteiger charge is -2.27. The van der Waals surface area contributed by atoms with E-state index in [0.717, 1.165) is 11.3 Å². The fourth-order valence-electron chi connectivity index (χ4n) is 2.28. The number of anilines is 1. The van der Waals surface area contributed by atoms with Gasteiger partial charge in [-0.15, -0.1) is 0 Å². The second kappa shape index (κ2) is 6.71. The van der Waals surface area contributed by atoms with Crippen LogP contribution in [0.15, 0.2) is 18.2 Å². The Morgan fingerprint density at radius 3 is 2.47 bits per heavy atom. The summed E-state index contributed by atoms with van der Waals surface area (Å²) >= 11 is 0. The summed E-state index contributed by atoms with van der Waals surface area (Å²) in [6.07, 6.45) is 0. The number of hydrogen-bond acceptors (Lipinski definition) is 2. The van der Waals surface area contributed by atoms with Gasteiger partial charge in [-0.3, -0.25) is 4.79 Å². The van der Waals surface area contributed by atoms with Crippen LogP contribution in [0.2, 0.25) is 0 Å². The Balaban J connectivity index is 3.00. The zero-order valence-electron chi connectivity index (χ0n) is 12.9. The van der Waals surface area contributed by atoms with Crippen LogP contribution in [-0.2, 0) is 4.79 Å². The van der Waals surface area contributed by atoms with Crippen molar-refractivity contribution in [2.45, 2.75) is 27.7 Å². The third-order valence-electron chi connectivity index (χ3n) is 3.60. The Labute approximate surface area is 117 Å². The van der Waals surface area contributed by atoms with Gasteiger partial charge in [0.15, 0.2) is 0 Å². The van der Waals surface area contributed by atoms with Crippen LogP contribution < -0.4 is 10.2 Å². The molecule has 1 unspecified atom stereocenters. The summed E-state index contributed by atoms with van der Waals surface area (Å²) in [5, 5.41) is 3.11. The zero-order chi connectivity index (χ0) is 14.6. The molecule has 3 heteroatoms. The van der Waals surface area contributed by atoms with E-state index in [0.29, 0.717) is 12.5 Å². The van der Waals surface area contributed by atoms with E-state index in [1.54, 1.807) is 4.90 Å². The summed E-state index contributed by atoms with van der Waals surface area (Å²) < 4.78 is 0. The van der Waals surface area contributed by atoms with Crippen LogP contribution in [0, 0.1) is 25.7 Å². The van der Waals surface area contributed by atoms with Crippen LogP contribution in [0.5, 0.6) is 0 Å². The molecule has 0 aliphatic carbocycles. The van der Waals surface area contributed by atoms with Crippen molar-refractivity contribution < 1.29 is 4.79 Å². The minimum absolute atomic E-state index is 0.00918. The van der Waals surface area contributed by atoms with E-state index in [1.807, 2.05) is 21.0 Å². The molecule has 0 fully saturated rings. The quantitative estimate of drug-likeness (QED) is 0.885. The first kappa shape index (κ1) is 15.7. The Hall–Kier alpha value is -1.35. The van der Waals surface area contributed by atoms with E-state index in [9.17, 15) is 4.79 Å². The first-order chi connectivity index (χ1) is 8.88. The van der Waals surface area contributed by atoms with Gasteiger partial charge in [-0.1, -0.05) is 26.0 Å². The van der Waals surface area contributed by atoms with E-state index in [1.165, 1.54) is 5.56 Å². The van der Waals surface area contributed by atoms with Gasteiger partial charge >= 0.3 is 0 Å². The van der Waals surface area contributed by atoms with E-state index in [2.05, 4.69) is 44.3 Å². The molecule has 1 aromatic carbocycles. The minimum atomic E-state index is 0.00918. The molecule has 0 saturated heterocycles. The fraction of sp³-hybridized carbons (Fsp3) is 0.562. The van der Waals surface area contributed by atoms with Crippen molar-refractivity contribution in [3.8, 4) is 0 Å². The Morgan fingerprint density at radius 1 is 1.32 bits per heavy atom. The predicted molar refractivity (Wildman–Crippen MR) is 81.6 cm³/mol. The SMILES string of the molecule is CNCC(C(=O)N(C)c1cc(C)ccc1C)C(C)C. The van der Waals surface area contributed by atoms with Crippen LogP contribution in [0.4, 0.5) is 5.69 Å². The molecular weight excluding hydrogens is 236 g/mol. The molecule has 0 radical (unpaired) electrons. The van der Waals surface area contributed by atoms with Gasteiger partial charge in [0, 0.05) is 19.3 Å². The molecule has 0 aliphatic heterocycles. The molecule has 0 heterocycles. The first-order valence-corrected chi connectivity index (χ1v) is 6.88. The molecular formula is C16H26N2O. The average Bonchev–Trinajstić information content (AvgIpc) is 2.36. The molecule has 1 atom stereocenters. The van der Waals surface area contributed by atoms with Crippen LogP contribution in [0.25, 0.3) is 0 Å². The van der Waals surface area contributed by atoms with E-state index >= 15 is 0 Å². The predicted octanol–water partition coefficient (Wildman–Crippen LogP) is 2.76. The number of carbonyl (C=O) groups excluding carboxylic acids is 1. The summed E-state index contributed by atoms with van der Waals surface area (Å²) in [5.74, 6) is 0.514. The molecule has 106 valence electrons. The van der Waals surface area contributed by atoms with Gasteiger partial charge in [0.2, 0.25) is 5.91 Å². The molecule has 3 nitrogen and oxygen atoms in total. The van der Waals surface area contributed by atoms with Crippen LogP contribution >= 0.6 is 0 Å². The second-order valence-electron chi connectivity index (χ2n) is 5.60. The van der Waals surface area contributed by atoms with Gasteiger partial charge < -0.3 is 10.2 Å². The summed E-state index contributed by atoms with van der Waals surface area (Å²) in [6.45, 7) is 9.00. The van der Waals surface area contributed by atoms with Crippen molar-refractivity contribution >= 4 is 11.6 Å². The number of hydrogen-bond donors (Lipinski definition) is 1. The Kier molecular flexibility index (Phi) is 5.55. The standard InChI is InChI=1S/C16H26N2O/c1-11(2)14(10-17-5)16(19)18(6)15-9-12(3)7-8-13(15)4/h7-9,11,14,17H,10H2,1-6H3. The van der Waals surface area contributed by atoms with Gasteiger partial charge in [-0.25, -0.2) is 0 Å². The van der Waals surface area contributed by atoms with E-state index in [4.69, 9.17) is 0 Å². The average molecular weight is 262 g/mol. The lowest BCUT2D eigenvalue weighted by molar-refractivity contribution is -0.123. The topological polar surface area (TPSA) is 32.3 Å². The van der Waals surface area contributed by atoms with E-state index < -0.39 is 0 Å². The number of carbonyl (C=O) groups is 1. The highest BCUT2D eigenvalue weighted by Crippen LogP contribution is 2.23. The number of nitrogens with one attached hydrogen (secondary N) is 1. The maximum absolute atomic E-state index is 12.6. The maximum Gasteiger partial charge on any atom is 0.231 e. The minimum Gasteiger partial charge on any atom is -0.319 e. The van der Waals surface area contributed by atoms with Gasteiger partial charge in [0.1, 0.15) is 0 Å². The summed E-state index contributed by atoms with van der Waals surface area (Å²) in [5.41, 5.74) is 3.31. The summed E-state index contributed by atoms with van der Waals surface area (Å²) in [7, 11) is 3.76. The molecule has 0 spiro atoms. The highest BCUT2D eigenvalue weighted by atomic mass is 16.2. The highest BCUT2D eigenvalue weighted by Gasteiger charge is 2.25. The largest absolute Gasteiger partial charge is 0.319 e. The van der Waals surface area contributed by atoms with Gasteiger partial charge in [-0.05, 0) is 44.0 Å². The van der Waals surface area contributed by atoms with Gasteiger partial charge in [0.25, 0.3) is 0 Å². The van der Waals surface area contributed by atoms with Crippen molar-refractivity contribution in [1.82, 2.24) is 5.32 Å². The second-order valence-corrected chi connectivity index (χ2v) is 5.60. The Bertz CT molecular complexity index is 440. The highest BCUT2D eigenvalue weighted by molar-refractivity contribution is 5.95. The van der Waals surface area contributed by atoms with Crippen molar-refractivity contribution in [1.29, 1.82) is 0 Å². The normalized spacial score (nSPS) is 12.6. The number of rotatable bonds is 5. The summed E-state index contributed by atoms with van der Waals surface area (Å²) in [4.78, 5) is 14.4. The smallest absolute Gasteiger partial charge is 0.231 e. The third kappa shape index (κ3) is 3.80. The van der Waals surface area contributed by atoms with Crippen molar-refractivity contribution in [3.63, 3.8) is 0 Å². The van der Waals surface area contributed by atoms with Crippen molar-refractivity contribution in [2.24, 2.45) is 11.8 Å². The lowest BCUT2D eigenvalue weighted by Crippen LogP contribution is -2.40. The molecule has 0 bridgehead atoms. The van der Waals surface area contributed by atoms with Crippen molar-refractivity contribution in [3.05, 3.63) is 29.3 Å². The molecule has 1 rings (SSSR count). The van der Waals surface area contributed by atoms with Gasteiger partial charge in [0.05, 0.1) is 5.92 Å². The zero-order valence-corrected chi connectivity index (χ0v) is 12.9. The van der Waals surface area contributed by atoms with Crippen LogP contribution in [0.1, 0.15) is 25.0 Å². The number of nitrogens with zero attached hydrogens (tertiary/aromatic N) is 1. The lowest BCUT2D eigenvalue weighted by atomic mass is 9.94. The van der Waals surface area contributed by atoms with Crippen LogP contribution in [-0.4, -0.2) is 26.5 Å². The molecule has 0 aliphatic rings. The maximum atomic E-state index is 12.6. The third-order valence-corrected chi connectivity index (χ3v) is 3.60. The monoisotopic (exact) mass is 262 g/mol. The number of aryl methyl sites for hydroxylation is 2. The molecule has 1 N–H and O–H groups in total. The molecule has 1 aromatic rings. The van der Waals surface area contributed by atoms with Gasteiger partial charge in [-0.2, -0.15) is 0 Å².